The number of carbonyl (C=O) groups is 1. The van der Waals surface area contributed by atoms with Crippen LogP contribution in [-0.2, 0) is 4.79 Å². The molecular weight excluding hydrogens is 220 g/mol. The topological polar surface area (TPSA) is 86.8 Å². The molecule has 1 fully saturated rings. The van der Waals surface area contributed by atoms with Gasteiger partial charge in [-0.05, 0) is 0 Å². The lowest BCUT2D eigenvalue weighted by atomic mass is 10.3. The summed E-state index contributed by atoms with van der Waals surface area (Å²) in [6.07, 6.45) is 3.71. The lowest BCUT2D eigenvalue weighted by Gasteiger charge is -2.20. The number of hydrogen-bond acceptors (Lipinski definition) is 5. The number of carbonyl (C=O) groups excluding carboxylic acids is 1. The van der Waals surface area contributed by atoms with Gasteiger partial charge in [-0.2, -0.15) is 5.10 Å². The van der Waals surface area contributed by atoms with Gasteiger partial charge in [-0.3, -0.25) is 9.89 Å². The predicted octanol–water partition coefficient (Wildman–Crippen LogP) is -0.321. The third-order valence-electron chi connectivity index (χ3n) is 2.84. The molecule has 0 spiro atoms. The van der Waals surface area contributed by atoms with Gasteiger partial charge in [-0.15, -0.1) is 0 Å². The van der Waals surface area contributed by atoms with Crippen LogP contribution in [-0.4, -0.2) is 45.7 Å². The van der Waals surface area contributed by atoms with Gasteiger partial charge in [0, 0.05) is 26.1 Å². The van der Waals surface area contributed by atoms with E-state index in [1.165, 1.54) is 6.33 Å². The molecule has 3 rings (SSSR count). The Bertz CT molecular complexity index is 550. The molecule has 1 aliphatic rings. The highest BCUT2D eigenvalue weighted by Crippen LogP contribution is 2.21. The Morgan fingerprint density at radius 2 is 2.24 bits per heavy atom. The molecule has 2 aromatic rings. The van der Waals surface area contributed by atoms with E-state index in [1.54, 1.807) is 6.20 Å². The van der Waals surface area contributed by atoms with Crippen molar-refractivity contribution < 1.29 is 4.79 Å². The Hall–Kier alpha value is -2.18. The summed E-state index contributed by atoms with van der Waals surface area (Å²) < 4.78 is 0. The highest BCUT2D eigenvalue weighted by molar-refractivity contribution is 5.86. The van der Waals surface area contributed by atoms with Gasteiger partial charge in [0.05, 0.1) is 11.6 Å². The van der Waals surface area contributed by atoms with Crippen molar-refractivity contribution in [2.75, 3.05) is 24.5 Å². The lowest BCUT2D eigenvalue weighted by Crippen LogP contribution is -2.29. The number of hydrogen-bond donors (Lipinski definition) is 2. The van der Waals surface area contributed by atoms with Gasteiger partial charge in [0.25, 0.3) is 0 Å². The number of fused-ring (bicyclic) bond motifs is 1. The van der Waals surface area contributed by atoms with Gasteiger partial charge in [0.1, 0.15) is 12.1 Å². The average molecular weight is 232 g/mol. The van der Waals surface area contributed by atoms with Crippen molar-refractivity contribution in [3.63, 3.8) is 0 Å². The van der Waals surface area contributed by atoms with Crippen LogP contribution in [0.25, 0.3) is 11.0 Å². The molecule has 0 bridgehead atoms. The summed E-state index contributed by atoms with van der Waals surface area (Å²) >= 11 is 0. The maximum absolute atomic E-state index is 11.3. The van der Waals surface area contributed by atoms with Crippen molar-refractivity contribution in [2.45, 2.75) is 6.42 Å². The number of nitrogens with one attached hydrogen (secondary N) is 2. The first-order valence-electron chi connectivity index (χ1n) is 5.50. The normalized spacial score (nSPS) is 16.9. The minimum atomic E-state index is 0.0880. The van der Waals surface area contributed by atoms with E-state index in [1.807, 2.05) is 0 Å². The molecule has 7 heteroatoms. The molecule has 17 heavy (non-hydrogen) atoms. The molecule has 1 saturated heterocycles. The lowest BCUT2D eigenvalue weighted by molar-refractivity contribution is -0.120. The third kappa shape index (κ3) is 1.79. The standard InChI is InChI=1S/C10H12N6O/c17-8-1-3-16(4-2-11-8)10-7-5-14-15-9(7)12-6-13-10/h5-6H,1-4H2,(H,11,17)(H,12,13,14,15). The second kappa shape index (κ2) is 4.00. The number of nitrogens with zero attached hydrogens (tertiary/aromatic N) is 4. The van der Waals surface area contributed by atoms with Crippen LogP contribution in [0.15, 0.2) is 12.5 Å². The highest BCUT2D eigenvalue weighted by Gasteiger charge is 2.17. The van der Waals surface area contributed by atoms with Crippen molar-refractivity contribution in [1.29, 1.82) is 0 Å². The Morgan fingerprint density at radius 1 is 1.29 bits per heavy atom. The average Bonchev–Trinajstić information content (AvgIpc) is 2.72. The summed E-state index contributed by atoms with van der Waals surface area (Å²) in [5, 5.41) is 10.5. The smallest absolute Gasteiger partial charge is 0.221 e. The van der Waals surface area contributed by atoms with Crippen molar-refractivity contribution in [3.05, 3.63) is 12.5 Å². The van der Waals surface area contributed by atoms with Crippen LogP contribution in [0.4, 0.5) is 5.82 Å². The molecule has 0 atom stereocenters. The van der Waals surface area contributed by atoms with Crippen LogP contribution >= 0.6 is 0 Å². The molecule has 7 nitrogen and oxygen atoms in total. The van der Waals surface area contributed by atoms with E-state index >= 15 is 0 Å². The van der Waals surface area contributed by atoms with Crippen LogP contribution < -0.4 is 10.2 Å². The van der Waals surface area contributed by atoms with E-state index in [4.69, 9.17) is 0 Å². The number of anilines is 1. The van der Waals surface area contributed by atoms with Gasteiger partial charge < -0.3 is 10.2 Å². The Morgan fingerprint density at radius 3 is 3.18 bits per heavy atom. The van der Waals surface area contributed by atoms with Crippen LogP contribution in [0.2, 0.25) is 0 Å². The largest absolute Gasteiger partial charge is 0.354 e. The molecule has 2 aromatic heterocycles. The molecule has 0 aliphatic carbocycles. The number of amides is 1. The van der Waals surface area contributed by atoms with Gasteiger partial charge >= 0.3 is 0 Å². The maximum atomic E-state index is 11.3. The van der Waals surface area contributed by atoms with E-state index in [0.717, 1.165) is 23.4 Å². The SMILES string of the molecule is O=C1CCN(c2ncnc3[nH]ncc23)CCN1. The number of rotatable bonds is 1. The fourth-order valence-corrected chi connectivity index (χ4v) is 1.98. The first kappa shape index (κ1) is 10.0. The quantitative estimate of drug-likeness (QED) is 0.703. The summed E-state index contributed by atoms with van der Waals surface area (Å²) in [6.45, 7) is 2.06. The van der Waals surface area contributed by atoms with Crippen molar-refractivity contribution in [2.24, 2.45) is 0 Å². The minimum Gasteiger partial charge on any atom is -0.354 e. The Balaban J connectivity index is 1.97. The first-order valence-corrected chi connectivity index (χ1v) is 5.50. The van der Waals surface area contributed by atoms with Gasteiger partial charge in [0.2, 0.25) is 5.91 Å². The minimum absolute atomic E-state index is 0.0880. The number of aromatic amines is 1. The molecule has 0 radical (unpaired) electrons. The van der Waals surface area contributed by atoms with Gasteiger partial charge in [-0.1, -0.05) is 0 Å². The van der Waals surface area contributed by atoms with E-state index < -0.39 is 0 Å². The van der Waals surface area contributed by atoms with E-state index in [-0.39, 0.29) is 5.91 Å². The fourth-order valence-electron chi connectivity index (χ4n) is 1.98. The van der Waals surface area contributed by atoms with Gasteiger partial charge in [0.15, 0.2) is 5.65 Å². The molecule has 88 valence electrons. The van der Waals surface area contributed by atoms with E-state index in [0.29, 0.717) is 19.5 Å². The maximum Gasteiger partial charge on any atom is 0.221 e. The molecule has 2 N–H and O–H groups in total. The third-order valence-corrected chi connectivity index (χ3v) is 2.84. The number of aromatic nitrogens is 4. The van der Waals surface area contributed by atoms with Crippen LogP contribution in [0.1, 0.15) is 6.42 Å². The van der Waals surface area contributed by atoms with E-state index in [9.17, 15) is 4.79 Å². The molecule has 0 aromatic carbocycles. The van der Waals surface area contributed by atoms with Crippen molar-refractivity contribution >= 4 is 22.8 Å². The molecule has 3 heterocycles. The van der Waals surface area contributed by atoms with E-state index in [2.05, 4.69) is 30.4 Å². The Labute approximate surface area is 97.2 Å². The summed E-state index contributed by atoms with van der Waals surface area (Å²) in [6, 6.07) is 0. The molecule has 0 unspecified atom stereocenters. The first-order chi connectivity index (χ1) is 8.34. The van der Waals surface area contributed by atoms with Crippen LogP contribution in [0.3, 0.4) is 0 Å². The summed E-state index contributed by atoms with van der Waals surface area (Å²) in [7, 11) is 0. The fraction of sp³-hybridized carbons (Fsp3) is 0.400. The second-order valence-electron chi connectivity index (χ2n) is 3.92. The molecule has 1 amide bonds. The monoisotopic (exact) mass is 232 g/mol. The molecule has 1 aliphatic heterocycles. The van der Waals surface area contributed by atoms with Crippen molar-refractivity contribution in [3.8, 4) is 0 Å². The zero-order valence-corrected chi connectivity index (χ0v) is 9.18. The van der Waals surface area contributed by atoms with Gasteiger partial charge in [-0.25, -0.2) is 9.97 Å². The van der Waals surface area contributed by atoms with Crippen LogP contribution in [0.5, 0.6) is 0 Å². The Kier molecular flexibility index (Phi) is 2.36. The summed E-state index contributed by atoms with van der Waals surface area (Å²) in [5.74, 6) is 0.922. The van der Waals surface area contributed by atoms with Crippen molar-refractivity contribution in [1.82, 2.24) is 25.5 Å². The molecule has 0 saturated carbocycles. The highest BCUT2D eigenvalue weighted by atomic mass is 16.1. The van der Waals surface area contributed by atoms with Crippen LogP contribution in [0, 0.1) is 0 Å². The summed E-state index contributed by atoms with van der Waals surface area (Å²) in [4.78, 5) is 21.7. The molecular formula is C10H12N6O. The summed E-state index contributed by atoms with van der Waals surface area (Å²) in [5.41, 5.74) is 0.721. The second-order valence-corrected chi connectivity index (χ2v) is 3.92. The predicted molar refractivity (Wildman–Crippen MR) is 61.5 cm³/mol. The zero-order chi connectivity index (χ0) is 11.7. The number of H-pyrrole nitrogens is 1. The zero-order valence-electron chi connectivity index (χ0n) is 9.18.